The molecule has 19 heavy (non-hydrogen) atoms. The van der Waals surface area contributed by atoms with Crippen LogP contribution in [0.5, 0.6) is 0 Å². The molecule has 3 nitrogen and oxygen atoms in total. The average Bonchev–Trinajstić information content (AvgIpc) is 2.40. The van der Waals surface area contributed by atoms with Gasteiger partial charge in [0, 0.05) is 19.6 Å². The van der Waals surface area contributed by atoms with Crippen molar-refractivity contribution in [2.75, 3.05) is 27.3 Å². The maximum absolute atomic E-state index is 5.51. The lowest BCUT2D eigenvalue weighted by Gasteiger charge is -2.28. The Bertz CT molecular complexity index is 334. The fourth-order valence-electron chi connectivity index (χ4n) is 2.17. The van der Waals surface area contributed by atoms with E-state index < -0.39 is 0 Å². The highest BCUT2D eigenvalue weighted by Gasteiger charge is 2.23. The van der Waals surface area contributed by atoms with E-state index in [2.05, 4.69) is 39.1 Å². The van der Waals surface area contributed by atoms with Crippen LogP contribution in [0.1, 0.15) is 27.7 Å². The van der Waals surface area contributed by atoms with Gasteiger partial charge in [-0.3, -0.25) is 0 Å². The van der Waals surface area contributed by atoms with Gasteiger partial charge in [0.25, 0.3) is 0 Å². The lowest BCUT2D eigenvalue weighted by atomic mass is 9.89. The molecule has 3 heteroatoms. The lowest BCUT2D eigenvalue weighted by Crippen LogP contribution is -2.32. The maximum Gasteiger partial charge on any atom is 0.117 e. The standard InChI is InChI=1S/C16H29NO2/c1-11(2)12(3)9-17-10-14-7-15(18-5)8-16(19-6)13(14)4/h7-8,11-13,16-17H,9-10H2,1-6H3. The van der Waals surface area contributed by atoms with E-state index in [1.165, 1.54) is 5.57 Å². The second-order valence-corrected chi connectivity index (χ2v) is 5.83. The van der Waals surface area contributed by atoms with Crippen LogP contribution in [0, 0.1) is 17.8 Å². The summed E-state index contributed by atoms with van der Waals surface area (Å²) in [4.78, 5) is 0. The fourth-order valence-corrected chi connectivity index (χ4v) is 2.17. The lowest BCUT2D eigenvalue weighted by molar-refractivity contribution is 0.101. The van der Waals surface area contributed by atoms with Gasteiger partial charge in [-0.05, 0) is 36.1 Å². The summed E-state index contributed by atoms with van der Waals surface area (Å²) in [6.45, 7) is 11.0. The summed E-state index contributed by atoms with van der Waals surface area (Å²) in [5.41, 5.74) is 1.35. The third-order valence-electron chi connectivity index (χ3n) is 4.18. The van der Waals surface area contributed by atoms with Gasteiger partial charge in [-0.15, -0.1) is 0 Å². The first-order valence-corrected chi connectivity index (χ1v) is 7.19. The molecule has 0 radical (unpaired) electrons. The van der Waals surface area contributed by atoms with Gasteiger partial charge in [-0.1, -0.05) is 27.7 Å². The second-order valence-electron chi connectivity index (χ2n) is 5.83. The number of hydrogen-bond acceptors (Lipinski definition) is 3. The summed E-state index contributed by atoms with van der Waals surface area (Å²) >= 11 is 0. The molecular formula is C16H29NO2. The Morgan fingerprint density at radius 1 is 1.26 bits per heavy atom. The number of allylic oxidation sites excluding steroid dienone is 1. The molecule has 1 rings (SSSR count). The quantitative estimate of drug-likeness (QED) is 0.769. The highest BCUT2D eigenvalue weighted by atomic mass is 16.5. The van der Waals surface area contributed by atoms with E-state index in [0.717, 1.165) is 18.8 Å². The van der Waals surface area contributed by atoms with Crippen molar-refractivity contribution in [3.05, 3.63) is 23.5 Å². The summed E-state index contributed by atoms with van der Waals surface area (Å²) < 4.78 is 10.9. The van der Waals surface area contributed by atoms with E-state index >= 15 is 0 Å². The third-order valence-corrected chi connectivity index (χ3v) is 4.18. The molecule has 3 unspecified atom stereocenters. The third kappa shape index (κ3) is 4.66. The normalized spacial score (nSPS) is 25.0. The largest absolute Gasteiger partial charge is 0.497 e. The average molecular weight is 267 g/mol. The molecule has 0 saturated carbocycles. The van der Waals surface area contributed by atoms with Crippen molar-refractivity contribution in [2.45, 2.75) is 33.8 Å². The Kier molecular flexibility index (Phi) is 6.59. The van der Waals surface area contributed by atoms with Crippen molar-refractivity contribution in [1.29, 1.82) is 0 Å². The van der Waals surface area contributed by atoms with Crippen molar-refractivity contribution in [3.63, 3.8) is 0 Å². The Hall–Kier alpha value is -0.800. The minimum atomic E-state index is 0.110. The van der Waals surface area contributed by atoms with Gasteiger partial charge >= 0.3 is 0 Å². The molecule has 0 aromatic heterocycles. The second kappa shape index (κ2) is 7.71. The zero-order chi connectivity index (χ0) is 14.4. The molecule has 0 aromatic rings. The van der Waals surface area contributed by atoms with Crippen LogP contribution in [0.15, 0.2) is 23.5 Å². The first-order valence-electron chi connectivity index (χ1n) is 7.19. The van der Waals surface area contributed by atoms with Gasteiger partial charge in [0.15, 0.2) is 0 Å². The molecule has 0 amide bonds. The van der Waals surface area contributed by atoms with Crippen LogP contribution >= 0.6 is 0 Å². The highest BCUT2D eigenvalue weighted by molar-refractivity contribution is 5.29. The van der Waals surface area contributed by atoms with E-state index in [9.17, 15) is 0 Å². The molecule has 0 aromatic carbocycles. The van der Waals surface area contributed by atoms with Crippen molar-refractivity contribution in [2.24, 2.45) is 17.8 Å². The molecule has 0 saturated heterocycles. The Morgan fingerprint density at radius 2 is 1.95 bits per heavy atom. The van der Waals surface area contributed by atoms with Crippen LogP contribution in [-0.2, 0) is 9.47 Å². The molecule has 1 N–H and O–H groups in total. The first kappa shape index (κ1) is 16.3. The molecule has 0 fully saturated rings. The highest BCUT2D eigenvalue weighted by Crippen LogP contribution is 2.25. The Labute approximate surface area is 118 Å². The van der Waals surface area contributed by atoms with E-state index in [4.69, 9.17) is 9.47 Å². The van der Waals surface area contributed by atoms with Crippen LogP contribution in [0.25, 0.3) is 0 Å². The maximum atomic E-state index is 5.51. The van der Waals surface area contributed by atoms with Crippen LogP contribution in [0.2, 0.25) is 0 Å². The van der Waals surface area contributed by atoms with Gasteiger partial charge in [0.05, 0.1) is 13.2 Å². The topological polar surface area (TPSA) is 30.5 Å². The molecular weight excluding hydrogens is 238 g/mol. The zero-order valence-electron chi connectivity index (χ0n) is 13.2. The predicted octanol–water partition coefficient (Wildman–Crippen LogP) is 2.99. The van der Waals surface area contributed by atoms with Gasteiger partial charge in [-0.25, -0.2) is 0 Å². The summed E-state index contributed by atoms with van der Waals surface area (Å²) in [7, 11) is 3.46. The molecule has 1 aliphatic rings. The molecule has 110 valence electrons. The number of hydrogen-bond donors (Lipinski definition) is 1. The van der Waals surface area contributed by atoms with Crippen molar-refractivity contribution in [3.8, 4) is 0 Å². The molecule has 0 bridgehead atoms. The van der Waals surface area contributed by atoms with Crippen LogP contribution in [0.4, 0.5) is 0 Å². The minimum absolute atomic E-state index is 0.110. The minimum Gasteiger partial charge on any atom is -0.497 e. The molecule has 3 atom stereocenters. The first-order chi connectivity index (χ1) is 8.99. The van der Waals surface area contributed by atoms with Gasteiger partial charge < -0.3 is 14.8 Å². The van der Waals surface area contributed by atoms with Gasteiger partial charge in [0.2, 0.25) is 0 Å². The fraction of sp³-hybridized carbons (Fsp3) is 0.750. The molecule has 0 heterocycles. The number of ether oxygens (including phenoxy) is 2. The van der Waals surface area contributed by atoms with Crippen molar-refractivity contribution < 1.29 is 9.47 Å². The van der Waals surface area contributed by atoms with E-state index in [-0.39, 0.29) is 6.10 Å². The monoisotopic (exact) mass is 267 g/mol. The number of nitrogens with one attached hydrogen (secondary N) is 1. The smallest absolute Gasteiger partial charge is 0.117 e. The summed E-state index contributed by atoms with van der Waals surface area (Å²) in [6, 6.07) is 0. The Balaban J connectivity index is 2.56. The number of methoxy groups -OCH3 is 2. The van der Waals surface area contributed by atoms with Crippen LogP contribution in [0.3, 0.4) is 0 Å². The summed E-state index contributed by atoms with van der Waals surface area (Å²) in [5, 5.41) is 3.55. The van der Waals surface area contributed by atoms with Crippen molar-refractivity contribution >= 4 is 0 Å². The summed E-state index contributed by atoms with van der Waals surface area (Å²) in [6.07, 6.45) is 4.29. The number of rotatable bonds is 7. The van der Waals surface area contributed by atoms with E-state index in [1.807, 2.05) is 6.08 Å². The molecule has 1 aliphatic carbocycles. The summed E-state index contributed by atoms with van der Waals surface area (Å²) in [5.74, 6) is 2.70. The van der Waals surface area contributed by atoms with Crippen LogP contribution < -0.4 is 5.32 Å². The Morgan fingerprint density at radius 3 is 2.47 bits per heavy atom. The van der Waals surface area contributed by atoms with Gasteiger partial charge in [0.1, 0.15) is 5.76 Å². The predicted molar refractivity (Wildman–Crippen MR) is 80.0 cm³/mol. The molecule has 0 aliphatic heterocycles. The van der Waals surface area contributed by atoms with E-state index in [1.54, 1.807) is 14.2 Å². The zero-order valence-corrected chi connectivity index (χ0v) is 13.2. The van der Waals surface area contributed by atoms with Gasteiger partial charge in [-0.2, -0.15) is 0 Å². The van der Waals surface area contributed by atoms with E-state index in [0.29, 0.717) is 17.8 Å². The van der Waals surface area contributed by atoms with Crippen molar-refractivity contribution in [1.82, 2.24) is 5.32 Å². The van der Waals surface area contributed by atoms with Crippen LogP contribution in [-0.4, -0.2) is 33.4 Å². The SMILES string of the molecule is COC1=CC(OC)C(C)C(CNCC(C)C(C)C)=C1. The molecule has 0 spiro atoms.